The van der Waals surface area contributed by atoms with Crippen LogP contribution in [0.1, 0.15) is 18.1 Å². The first kappa shape index (κ1) is 20.6. The lowest BCUT2D eigenvalue weighted by atomic mass is 10.2. The molecule has 0 saturated carbocycles. The molecule has 0 fully saturated rings. The number of nitrogens with one attached hydrogen (secondary N) is 1. The smallest absolute Gasteiger partial charge is 0.387 e. The fraction of sp³-hybridized carbons (Fsp3) is 0.211. The van der Waals surface area contributed by atoms with Gasteiger partial charge in [-0.05, 0) is 43.3 Å². The molecule has 0 aromatic heterocycles. The Balaban J connectivity index is 1.95. The van der Waals surface area contributed by atoms with Gasteiger partial charge in [-0.2, -0.15) is 14.0 Å². The Morgan fingerprint density at radius 2 is 2.04 bits per heavy atom. The topological polar surface area (TPSA) is 92.9 Å². The van der Waals surface area contributed by atoms with Gasteiger partial charge in [0.2, 0.25) is 6.10 Å². The van der Waals surface area contributed by atoms with Crippen molar-refractivity contribution in [1.82, 2.24) is 0 Å². The van der Waals surface area contributed by atoms with Gasteiger partial charge < -0.3 is 19.6 Å². The molecule has 2 aromatic carbocycles. The zero-order valence-corrected chi connectivity index (χ0v) is 15.1. The Hall–Kier alpha value is -3.67. The zero-order valence-electron chi connectivity index (χ0n) is 15.1. The number of rotatable bonds is 8. The highest BCUT2D eigenvalue weighted by molar-refractivity contribution is 5.94. The maximum atomic E-state index is 12.3. The second kappa shape index (κ2) is 9.87. The highest BCUT2D eigenvalue weighted by Gasteiger charge is 2.15. The lowest BCUT2D eigenvalue weighted by Crippen LogP contribution is -2.26. The number of ether oxygens (including phenoxy) is 2. The minimum Gasteiger partial charge on any atom is -0.493 e. The number of oxime groups is 1. The summed E-state index contributed by atoms with van der Waals surface area (Å²) in [6.45, 7) is -1.47. The van der Waals surface area contributed by atoms with Crippen LogP contribution in [0.25, 0.3) is 0 Å². The number of carbonyl (C=O) groups excluding carboxylic acids is 1. The quantitative estimate of drug-likeness (QED) is 0.551. The first-order valence-electron chi connectivity index (χ1n) is 8.06. The Kier molecular flexibility index (Phi) is 7.28. The SMILES string of the molecule is COc1cc(/C=N\O[C@H](C)C(=O)Nc2cccc(C#N)c2)ccc1OC(F)F. The molecule has 1 amide bonds. The number of nitrogens with zero attached hydrogens (tertiary/aromatic N) is 2. The monoisotopic (exact) mass is 389 g/mol. The van der Waals surface area contributed by atoms with Gasteiger partial charge in [0, 0.05) is 11.3 Å². The van der Waals surface area contributed by atoms with Crippen molar-refractivity contribution < 1.29 is 27.9 Å². The molecule has 7 nitrogen and oxygen atoms in total. The average Bonchev–Trinajstić information content (AvgIpc) is 2.68. The Morgan fingerprint density at radius 1 is 1.25 bits per heavy atom. The number of hydrogen-bond acceptors (Lipinski definition) is 6. The van der Waals surface area contributed by atoms with E-state index in [4.69, 9.17) is 14.8 Å². The van der Waals surface area contributed by atoms with Crippen LogP contribution >= 0.6 is 0 Å². The summed E-state index contributed by atoms with van der Waals surface area (Å²) in [6.07, 6.45) is 0.389. The van der Waals surface area contributed by atoms with E-state index in [0.717, 1.165) is 0 Å². The third-order valence-electron chi connectivity index (χ3n) is 3.45. The van der Waals surface area contributed by atoms with Crippen molar-refractivity contribution in [3.63, 3.8) is 0 Å². The minimum atomic E-state index is -2.97. The van der Waals surface area contributed by atoms with Gasteiger partial charge in [-0.1, -0.05) is 11.2 Å². The molecule has 0 saturated heterocycles. The number of halogens is 2. The summed E-state index contributed by atoms with van der Waals surface area (Å²) in [5.74, 6) is -0.458. The second-order valence-corrected chi connectivity index (χ2v) is 5.45. The van der Waals surface area contributed by atoms with E-state index in [2.05, 4.69) is 15.2 Å². The highest BCUT2D eigenvalue weighted by atomic mass is 19.3. The van der Waals surface area contributed by atoms with Crippen LogP contribution in [0.5, 0.6) is 11.5 Å². The number of methoxy groups -OCH3 is 1. The van der Waals surface area contributed by atoms with E-state index in [1.54, 1.807) is 18.2 Å². The maximum absolute atomic E-state index is 12.3. The molecule has 0 aliphatic heterocycles. The highest BCUT2D eigenvalue weighted by Crippen LogP contribution is 2.28. The first-order chi connectivity index (χ1) is 13.4. The van der Waals surface area contributed by atoms with Crippen molar-refractivity contribution in [2.45, 2.75) is 19.6 Å². The Morgan fingerprint density at radius 3 is 2.71 bits per heavy atom. The predicted octanol–water partition coefficient (Wildman–Crippen LogP) is 3.55. The van der Waals surface area contributed by atoms with Crippen molar-refractivity contribution in [2.24, 2.45) is 5.16 Å². The number of carbonyl (C=O) groups is 1. The molecule has 2 aromatic rings. The fourth-order valence-electron chi connectivity index (χ4n) is 2.10. The van der Waals surface area contributed by atoms with E-state index in [1.807, 2.05) is 6.07 Å². The van der Waals surface area contributed by atoms with E-state index in [0.29, 0.717) is 16.8 Å². The molecule has 9 heteroatoms. The Bertz CT molecular complexity index is 897. The number of hydrogen-bond donors (Lipinski definition) is 1. The molecule has 1 atom stereocenters. The lowest BCUT2D eigenvalue weighted by Gasteiger charge is -2.11. The molecule has 1 N–H and O–H groups in total. The van der Waals surface area contributed by atoms with Gasteiger partial charge in [0.25, 0.3) is 5.91 Å². The van der Waals surface area contributed by atoms with Crippen molar-refractivity contribution in [3.05, 3.63) is 53.6 Å². The van der Waals surface area contributed by atoms with Crippen LogP contribution in [0.3, 0.4) is 0 Å². The summed E-state index contributed by atoms with van der Waals surface area (Å²) in [6, 6.07) is 12.6. The van der Waals surface area contributed by atoms with E-state index >= 15 is 0 Å². The van der Waals surface area contributed by atoms with Crippen LogP contribution in [0.4, 0.5) is 14.5 Å². The molecule has 0 spiro atoms. The number of benzene rings is 2. The van der Waals surface area contributed by atoms with E-state index in [-0.39, 0.29) is 11.5 Å². The predicted molar refractivity (Wildman–Crippen MR) is 97.6 cm³/mol. The van der Waals surface area contributed by atoms with E-state index in [9.17, 15) is 13.6 Å². The normalized spacial score (nSPS) is 11.7. The average molecular weight is 389 g/mol. The standard InChI is InChI=1S/C19H17F2N3O4/c1-12(18(25)24-15-5-3-4-13(8-15)10-22)28-23-11-14-6-7-16(27-19(20)21)17(9-14)26-2/h3-9,11-12,19H,1-2H3,(H,24,25)/b23-11-/t12-/m1/s1. The molecule has 0 aliphatic carbocycles. The summed E-state index contributed by atoms with van der Waals surface area (Å²) in [7, 11) is 1.32. The molecule has 0 heterocycles. The molecule has 0 aliphatic rings. The van der Waals surface area contributed by atoms with Gasteiger partial charge in [0.05, 0.1) is 25.0 Å². The molecule has 28 heavy (non-hydrogen) atoms. The van der Waals surface area contributed by atoms with Gasteiger partial charge in [-0.15, -0.1) is 0 Å². The first-order valence-corrected chi connectivity index (χ1v) is 8.06. The summed E-state index contributed by atoms with van der Waals surface area (Å²) in [5.41, 5.74) is 1.37. The minimum absolute atomic E-state index is 0.104. The molecule has 0 bridgehead atoms. The van der Waals surface area contributed by atoms with Gasteiger partial charge in [-0.3, -0.25) is 4.79 Å². The zero-order chi connectivity index (χ0) is 20.5. The fourth-order valence-corrected chi connectivity index (χ4v) is 2.10. The van der Waals surface area contributed by atoms with Crippen LogP contribution < -0.4 is 14.8 Å². The largest absolute Gasteiger partial charge is 0.493 e. The van der Waals surface area contributed by atoms with E-state index in [1.165, 1.54) is 44.5 Å². The van der Waals surface area contributed by atoms with Crippen molar-refractivity contribution >= 4 is 17.8 Å². The second-order valence-electron chi connectivity index (χ2n) is 5.45. The number of alkyl halides is 2. The Labute approximate surface area is 160 Å². The van der Waals surface area contributed by atoms with Gasteiger partial charge >= 0.3 is 6.61 Å². The van der Waals surface area contributed by atoms with Gasteiger partial charge in [0.1, 0.15) is 0 Å². The van der Waals surface area contributed by atoms with Gasteiger partial charge in [0.15, 0.2) is 11.5 Å². The number of amides is 1. The van der Waals surface area contributed by atoms with Crippen molar-refractivity contribution in [3.8, 4) is 17.6 Å². The summed E-state index contributed by atoms with van der Waals surface area (Å²) < 4.78 is 34.0. The summed E-state index contributed by atoms with van der Waals surface area (Å²) in [4.78, 5) is 17.2. The molecule has 146 valence electrons. The molecule has 2 rings (SSSR count). The van der Waals surface area contributed by atoms with Gasteiger partial charge in [-0.25, -0.2) is 0 Å². The van der Waals surface area contributed by atoms with Crippen LogP contribution in [-0.4, -0.2) is 31.9 Å². The molecule has 0 radical (unpaired) electrons. The van der Waals surface area contributed by atoms with Crippen LogP contribution in [0.15, 0.2) is 47.6 Å². The number of anilines is 1. The molecular formula is C19H17F2N3O4. The van der Waals surface area contributed by atoms with Crippen LogP contribution in [0.2, 0.25) is 0 Å². The number of nitriles is 1. The third-order valence-corrected chi connectivity index (χ3v) is 3.45. The summed E-state index contributed by atoms with van der Waals surface area (Å²) in [5, 5.41) is 15.2. The lowest BCUT2D eigenvalue weighted by molar-refractivity contribution is -0.126. The molecular weight excluding hydrogens is 372 g/mol. The van der Waals surface area contributed by atoms with Crippen LogP contribution in [0, 0.1) is 11.3 Å². The third kappa shape index (κ3) is 5.95. The van der Waals surface area contributed by atoms with Crippen molar-refractivity contribution in [1.29, 1.82) is 5.26 Å². The maximum Gasteiger partial charge on any atom is 0.387 e. The van der Waals surface area contributed by atoms with Crippen molar-refractivity contribution in [2.75, 3.05) is 12.4 Å². The van der Waals surface area contributed by atoms with E-state index < -0.39 is 18.6 Å². The van der Waals surface area contributed by atoms with Crippen LogP contribution in [-0.2, 0) is 9.63 Å². The molecule has 0 unspecified atom stereocenters. The summed E-state index contributed by atoms with van der Waals surface area (Å²) >= 11 is 0.